The van der Waals surface area contributed by atoms with E-state index in [0.717, 1.165) is 42.5 Å². The summed E-state index contributed by atoms with van der Waals surface area (Å²) in [5.41, 5.74) is 3.17. The van der Waals surface area contributed by atoms with Crippen LogP contribution in [0, 0.1) is 0 Å². The smallest absolute Gasteiger partial charge is 0.407 e. The predicted molar refractivity (Wildman–Crippen MR) is 112 cm³/mol. The van der Waals surface area contributed by atoms with E-state index in [1.165, 1.54) is 0 Å². The molecule has 1 fully saturated rings. The van der Waals surface area contributed by atoms with Crippen LogP contribution in [-0.2, 0) is 4.74 Å². The number of amides is 1. The van der Waals surface area contributed by atoms with Crippen molar-refractivity contribution in [1.82, 2.24) is 5.32 Å². The van der Waals surface area contributed by atoms with Crippen molar-refractivity contribution < 1.29 is 14.3 Å². The molecule has 2 aromatic carbocycles. The average Bonchev–Trinajstić information content (AvgIpc) is 2.66. The van der Waals surface area contributed by atoms with Crippen LogP contribution < -0.4 is 10.2 Å². The highest BCUT2D eigenvalue weighted by Gasteiger charge is 2.26. The fraction of sp³-hybridized carbons (Fsp3) is 0.391. The summed E-state index contributed by atoms with van der Waals surface area (Å²) in [6, 6.07) is 15.9. The molecule has 1 aliphatic rings. The molecule has 0 bridgehead atoms. The number of piperidine rings is 1. The van der Waals surface area contributed by atoms with Gasteiger partial charge in [0.05, 0.1) is 5.69 Å². The second kappa shape index (κ2) is 8.46. The molecule has 0 radical (unpaired) electrons. The summed E-state index contributed by atoms with van der Waals surface area (Å²) >= 11 is 0. The number of anilines is 1. The molecule has 1 amide bonds. The number of hydrogen-bond acceptors (Lipinski definition) is 4. The molecular formula is C23H28N2O3. The van der Waals surface area contributed by atoms with Crippen LogP contribution >= 0.6 is 0 Å². The third-order valence-corrected chi connectivity index (χ3v) is 4.74. The molecule has 1 aliphatic heterocycles. The van der Waals surface area contributed by atoms with Crippen LogP contribution in [0.2, 0.25) is 0 Å². The molecule has 1 unspecified atom stereocenters. The normalized spacial score (nSPS) is 17.1. The molecule has 28 heavy (non-hydrogen) atoms. The summed E-state index contributed by atoms with van der Waals surface area (Å²) in [5.74, 6) is 0. The Bertz CT molecular complexity index is 827. The van der Waals surface area contributed by atoms with E-state index in [9.17, 15) is 9.59 Å². The highest BCUT2D eigenvalue weighted by Crippen LogP contribution is 2.35. The molecule has 0 saturated carbocycles. The van der Waals surface area contributed by atoms with Crippen LogP contribution in [0.4, 0.5) is 10.5 Å². The molecule has 148 valence electrons. The van der Waals surface area contributed by atoms with Gasteiger partial charge in [-0.3, -0.25) is 4.79 Å². The van der Waals surface area contributed by atoms with Gasteiger partial charge < -0.3 is 15.0 Å². The van der Waals surface area contributed by atoms with Crippen molar-refractivity contribution in [2.45, 2.75) is 45.3 Å². The molecule has 0 aromatic heterocycles. The minimum Gasteiger partial charge on any atom is -0.444 e. The number of hydrogen-bond donors (Lipinski definition) is 1. The van der Waals surface area contributed by atoms with Gasteiger partial charge in [0.15, 0.2) is 6.29 Å². The Morgan fingerprint density at radius 2 is 1.89 bits per heavy atom. The Morgan fingerprint density at radius 1 is 1.14 bits per heavy atom. The van der Waals surface area contributed by atoms with Gasteiger partial charge in [0, 0.05) is 30.3 Å². The summed E-state index contributed by atoms with van der Waals surface area (Å²) in [6.45, 7) is 7.05. The lowest BCUT2D eigenvalue weighted by Gasteiger charge is -2.36. The Labute approximate surface area is 166 Å². The molecule has 1 atom stereocenters. The number of aldehydes is 1. The third-order valence-electron chi connectivity index (χ3n) is 4.74. The van der Waals surface area contributed by atoms with Gasteiger partial charge >= 0.3 is 6.09 Å². The summed E-state index contributed by atoms with van der Waals surface area (Å²) in [7, 11) is 0. The largest absolute Gasteiger partial charge is 0.444 e. The molecule has 1 N–H and O–H groups in total. The minimum atomic E-state index is -0.525. The predicted octanol–water partition coefficient (Wildman–Crippen LogP) is 4.66. The minimum absolute atomic E-state index is 0.0214. The molecule has 3 rings (SSSR count). The number of benzene rings is 2. The third kappa shape index (κ3) is 4.91. The quantitative estimate of drug-likeness (QED) is 0.784. The van der Waals surface area contributed by atoms with Crippen LogP contribution in [0.1, 0.15) is 44.0 Å². The van der Waals surface area contributed by atoms with Crippen molar-refractivity contribution in [1.29, 1.82) is 0 Å². The van der Waals surface area contributed by atoms with E-state index in [1.54, 1.807) is 0 Å². The van der Waals surface area contributed by atoms with Crippen LogP contribution in [0.15, 0.2) is 48.5 Å². The standard InChI is InChI=1S/C23H28N2O3/c1-23(2,3)28-22(27)24-19-12-8-14-25(15-19)21-18(16-26)11-7-13-20(21)17-9-5-4-6-10-17/h4-7,9-11,13,16,19H,8,12,14-15H2,1-3H3,(H,24,27). The highest BCUT2D eigenvalue weighted by molar-refractivity contribution is 5.93. The van der Waals surface area contributed by atoms with Gasteiger partial charge in [0.25, 0.3) is 0 Å². The van der Waals surface area contributed by atoms with Crippen molar-refractivity contribution in [2.24, 2.45) is 0 Å². The SMILES string of the molecule is CC(C)(C)OC(=O)NC1CCCN(c2c(C=O)cccc2-c2ccccc2)C1. The van der Waals surface area contributed by atoms with E-state index in [1.807, 2.05) is 69.3 Å². The lowest BCUT2D eigenvalue weighted by Crippen LogP contribution is -2.49. The monoisotopic (exact) mass is 380 g/mol. The lowest BCUT2D eigenvalue weighted by atomic mass is 9.97. The average molecular weight is 380 g/mol. The first kappa shape index (κ1) is 19.9. The topological polar surface area (TPSA) is 58.6 Å². The first-order valence-corrected chi connectivity index (χ1v) is 9.75. The number of para-hydroxylation sites is 1. The number of nitrogens with zero attached hydrogens (tertiary/aromatic N) is 1. The van der Waals surface area contributed by atoms with Gasteiger partial charge in [0.2, 0.25) is 0 Å². The van der Waals surface area contributed by atoms with Crippen LogP contribution in [0.3, 0.4) is 0 Å². The van der Waals surface area contributed by atoms with E-state index >= 15 is 0 Å². The van der Waals surface area contributed by atoms with Crippen LogP contribution in [0.5, 0.6) is 0 Å². The van der Waals surface area contributed by atoms with Gasteiger partial charge in [-0.15, -0.1) is 0 Å². The molecule has 1 heterocycles. The first-order valence-electron chi connectivity index (χ1n) is 9.75. The zero-order chi connectivity index (χ0) is 20.1. The van der Waals surface area contributed by atoms with Crippen molar-refractivity contribution in [3.8, 4) is 11.1 Å². The molecule has 2 aromatic rings. The number of nitrogens with one attached hydrogen (secondary N) is 1. The van der Waals surface area contributed by atoms with E-state index in [4.69, 9.17) is 4.74 Å². The number of carbonyl (C=O) groups excluding carboxylic acids is 2. The van der Waals surface area contributed by atoms with Crippen LogP contribution in [-0.4, -0.2) is 37.1 Å². The van der Waals surface area contributed by atoms with E-state index in [0.29, 0.717) is 12.1 Å². The fourth-order valence-electron chi connectivity index (χ4n) is 3.63. The van der Waals surface area contributed by atoms with Gasteiger partial charge in [-0.2, -0.15) is 0 Å². The molecular weight excluding hydrogens is 352 g/mol. The number of carbonyl (C=O) groups is 2. The molecule has 5 nitrogen and oxygen atoms in total. The maximum Gasteiger partial charge on any atom is 0.407 e. The molecule has 5 heteroatoms. The Hall–Kier alpha value is -2.82. The summed E-state index contributed by atoms with van der Waals surface area (Å²) in [6.07, 6.45) is 2.33. The zero-order valence-corrected chi connectivity index (χ0v) is 16.8. The van der Waals surface area contributed by atoms with Gasteiger partial charge in [-0.05, 0) is 45.2 Å². The van der Waals surface area contributed by atoms with E-state index in [-0.39, 0.29) is 6.04 Å². The van der Waals surface area contributed by atoms with Crippen molar-refractivity contribution in [3.63, 3.8) is 0 Å². The summed E-state index contributed by atoms with van der Waals surface area (Å²) in [4.78, 5) is 26.1. The summed E-state index contributed by atoms with van der Waals surface area (Å²) in [5, 5.41) is 2.98. The zero-order valence-electron chi connectivity index (χ0n) is 16.8. The van der Waals surface area contributed by atoms with Gasteiger partial charge in [-0.1, -0.05) is 42.5 Å². The maximum absolute atomic E-state index is 12.2. The first-order chi connectivity index (χ1) is 13.4. The highest BCUT2D eigenvalue weighted by atomic mass is 16.6. The fourth-order valence-corrected chi connectivity index (χ4v) is 3.63. The lowest BCUT2D eigenvalue weighted by molar-refractivity contribution is 0.0500. The number of rotatable bonds is 4. The Balaban J connectivity index is 1.85. The van der Waals surface area contributed by atoms with Crippen molar-refractivity contribution in [2.75, 3.05) is 18.0 Å². The van der Waals surface area contributed by atoms with E-state index < -0.39 is 11.7 Å². The van der Waals surface area contributed by atoms with Crippen molar-refractivity contribution in [3.05, 3.63) is 54.1 Å². The molecule has 1 saturated heterocycles. The maximum atomic E-state index is 12.2. The van der Waals surface area contributed by atoms with E-state index in [2.05, 4.69) is 10.2 Å². The number of alkyl carbamates (subject to hydrolysis) is 1. The second-order valence-electron chi connectivity index (χ2n) is 8.16. The van der Waals surface area contributed by atoms with Crippen molar-refractivity contribution >= 4 is 18.1 Å². The summed E-state index contributed by atoms with van der Waals surface area (Å²) < 4.78 is 5.39. The Morgan fingerprint density at radius 3 is 2.57 bits per heavy atom. The van der Waals surface area contributed by atoms with Crippen LogP contribution in [0.25, 0.3) is 11.1 Å². The number of ether oxygens (including phenoxy) is 1. The van der Waals surface area contributed by atoms with Gasteiger partial charge in [0.1, 0.15) is 5.60 Å². The molecule has 0 spiro atoms. The second-order valence-corrected chi connectivity index (χ2v) is 8.16. The Kier molecular flexibility index (Phi) is 6.02. The van der Waals surface area contributed by atoms with Gasteiger partial charge in [-0.25, -0.2) is 4.79 Å². The molecule has 0 aliphatic carbocycles.